The summed E-state index contributed by atoms with van der Waals surface area (Å²) in [6, 6.07) is 9.79. The molecule has 0 bridgehead atoms. The van der Waals surface area contributed by atoms with Crippen LogP contribution in [0, 0.1) is 5.82 Å². The number of nitrogens with zero attached hydrogens (tertiary/aromatic N) is 2. The van der Waals surface area contributed by atoms with Crippen molar-refractivity contribution in [2.75, 3.05) is 24.2 Å². The Morgan fingerprint density at radius 2 is 1.81 bits per heavy atom. The highest BCUT2D eigenvalue weighted by molar-refractivity contribution is 7.92. The number of nitrogens with one attached hydrogen (secondary N) is 1. The Hall–Kier alpha value is -2.85. The zero-order valence-electron chi connectivity index (χ0n) is 22.0. The maximum atomic E-state index is 14.4. The predicted molar refractivity (Wildman–Crippen MR) is 144 cm³/mol. The van der Waals surface area contributed by atoms with E-state index in [0.717, 1.165) is 10.6 Å². The lowest BCUT2D eigenvalue weighted by Gasteiger charge is -2.32. The molecule has 0 fully saturated rings. The van der Waals surface area contributed by atoms with Gasteiger partial charge in [0.1, 0.15) is 17.6 Å². The van der Waals surface area contributed by atoms with Crippen LogP contribution < -0.4 is 14.4 Å². The van der Waals surface area contributed by atoms with Gasteiger partial charge in [0, 0.05) is 30.6 Å². The molecule has 0 saturated carbocycles. The Kier molecular flexibility index (Phi) is 10.3. The van der Waals surface area contributed by atoms with Crippen molar-refractivity contribution in [1.29, 1.82) is 0 Å². The van der Waals surface area contributed by atoms with Crippen molar-refractivity contribution in [2.24, 2.45) is 0 Å². The SMILES string of the molecule is COc1ccc(N(CCCC(=O)N(Cc2ccccc2F)[C@@H](C)C(=O)NC(C)(C)C)S(C)(=O)=O)cc1Cl. The second kappa shape index (κ2) is 12.6. The summed E-state index contributed by atoms with van der Waals surface area (Å²) in [6.45, 7) is 6.96. The second-order valence-electron chi connectivity index (χ2n) is 9.79. The van der Waals surface area contributed by atoms with E-state index < -0.39 is 33.3 Å². The Morgan fingerprint density at radius 1 is 1.16 bits per heavy atom. The van der Waals surface area contributed by atoms with Crippen LogP contribution in [-0.2, 0) is 26.2 Å². The van der Waals surface area contributed by atoms with Gasteiger partial charge in [0.05, 0.1) is 24.1 Å². The van der Waals surface area contributed by atoms with Crippen molar-refractivity contribution in [2.45, 2.75) is 58.7 Å². The summed E-state index contributed by atoms with van der Waals surface area (Å²) in [7, 11) is -2.23. The standard InChI is InChI=1S/C26H35ClFN3O5S/c1-18(25(33)29-26(2,3)4)30(17-19-10-7-8-11-22(19)28)24(32)12-9-15-31(37(6,34)35)20-13-14-23(36-5)21(27)16-20/h7-8,10-11,13-14,16,18H,9,12,15,17H2,1-6H3,(H,29,33)/t18-/m0/s1. The maximum Gasteiger partial charge on any atom is 0.242 e. The first-order valence-corrected chi connectivity index (χ1v) is 14.0. The Labute approximate surface area is 223 Å². The van der Waals surface area contributed by atoms with Gasteiger partial charge < -0.3 is 15.0 Å². The van der Waals surface area contributed by atoms with Crippen LogP contribution in [0.25, 0.3) is 0 Å². The number of amides is 2. The zero-order chi connectivity index (χ0) is 28.0. The van der Waals surface area contributed by atoms with Crippen molar-refractivity contribution in [1.82, 2.24) is 10.2 Å². The van der Waals surface area contributed by atoms with E-state index >= 15 is 0 Å². The highest BCUT2D eigenvalue weighted by Gasteiger charge is 2.29. The van der Waals surface area contributed by atoms with E-state index in [1.54, 1.807) is 37.3 Å². The summed E-state index contributed by atoms with van der Waals surface area (Å²) in [6.07, 6.45) is 1.17. The number of hydrogen-bond acceptors (Lipinski definition) is 5. The molecule has 0 heterocycles. The van der Waals surface area contributed by atoms with Gasteiger partial charge >= 0.3 is 0 Å². The average molecular weight is 556 g/mol. The topological polar surface area (TPSA) is 96.0 Å². The fourth-order valence-corrected chi connectivity index (χ4v) is 4.89. The van der Waals surface area contributed by atoms with E-state index in [-0.39, 0.29) is 42.4 Å². The number of sulfonamides is 1. The molecule has 2 aromatic carbocycles. The maximum absolute atomic E-state index is 14.4. The first-order chi connectivity index (χ1) is 17.1. The van der Waals surface area contributed by atoms with Gasteiger partial charge in [-0.05, 0) is 58.4 Å². The van der Waals surface area contributed by atoms with Crippen LogP contribution in [0.2, 0.25) is 5.02 Å². The summed E-state index contributed by atoms with van der Waals surface area (Å²) in [4.78, 5) is 27.5. The second-order valence-corrected chi connectivity index (χ2v) is 12.1. The molecule has 0 radical (unpaired) electrons. The number of carbonyl (C=O) groups excluding carboxylic acids is 2. The van der Waals surface area contributed by atoms with Gasteiger partial charge in [-0.25, -0.2) is 12.8 Å². The van der Waals surface area contributed by atoms with Gasteiger partial charge in [0.15, 0.2) is 0 Å². The van der Waals surface area contributed by atoms with Crippen LogP contribution >= 0.6 is 11.6 Å². The largest absolute Gasteiger partial charge is 0.495 e. The molecule has 2 aromatic rings. The van der Waals surface area contributed by atoms with Crippen LogP contribution in [0.15, 0.2) is 42.5 Å². The minimum Gasteiger partial charge on any atom is -0.495 e. The number of rotatable bonds is 11. The zero-order valence-corrected chi connectivity index (χ0v) is 23.6. The van der Waals surface area contributed by atoms with E-state index in [1.807, 2.05) is 20.8 Å². The molecule has 0 spiro atoms. The third kappa shape index (κ3) is 8.89. The molecule has 0 aliphatic carbocycles. The molecule has 0 saturated heterocycles. The molecule has 1 N–H and O–H groups in total. The van der Waals surface area contributed by atoms with Gasteiger partial charge in [-0.1, -0.05) is 29.8 Å². The summed E-state index contributed by atoms with van der Waals surface area (Å²) in [5, 5.41) is 3.10. The fraction of sp³-hybridized carbons (Fsp3) is 0.462. The number of carbonyl (C=O) groups is 2. The summed E-state index contributed by atoms with van der Waals surface area (Å²) < 4.78 is 45.6. The summed E-state index contributed by atoms with van der Waals surface area (Å²) >= 11 is 6.17. The number of methoxy groups -OCH3 is 1. The van der Waals surface area contributed by atoms with E-state index in [9.17, 15) is 22.4 Å². The fourth-order valence-electron chi connectivity index (χ4n) is 3.68. The van der Waals surface area contributed by atoms with Gasteiger partial charge in [0.25, 0.3) is 0 Å². The Morgan fingerprint density at radius 3 is 2.35 bits per heavy atom. The predicted octanol–water partition coefficient (Wildman–Crippen LogP) is 4.37. The molecule has 1 atom stereocenters. The Balaban J connectivity index is 2.22. The Bertz CT molecular complexity index is 1220. The minimum absolute atomic E-state index is 0.00331. The monoisotopic (exact) mass is 555 g/mol. The van der Waals surface area contributed by atoms with Crippen LogP contribution in [0.1, 0.15) is 46.1 Å². The lowest BCUT2D eigenvalue weighted by atomic mass is 10.1. The molecule has 37 heavy (non-hydrogen) atoms. The smallest absolute Gasteiger partial charge is 0.242 e. The summed E-state index contributed by atoms with van der Waals surface area (Å²) in [5.41, 5.74) is 0.0898. The van der Waals surface area contributed by atoms with Crippen LogP contribution in [0.5, 0.6) is 5.75 Å². The van der Waals surface area contributed by atoms with E-state index in [2.05, 4.69) is 5.32 Å². The molecule has 2 rings (SSSR count). The third-order valence-electron chi connectivity index (χ3n) is 5.54. The van der Waals surface area contributed by atoms with Crippen molar-refractivity contribution in [3.63, 3.8) is 0 Å². The van der Waals surface area contributed by atoms with Gasteiger partial charge in [-0.3, -0.25) is 13.9 Å². The minimum atomic E-state index is -3.68. The molecule has 204 valence electrons. The van der Waals surface area contributed by atoms with Gasteiger partial charge in [-0.15, -0.1) is 0 Å². The highest BCUT2D eigenvalue weighted by Crippen LogP contribution is 2.30. The quantitative estimate of drug-likeness (QED) is 0.444. The van der Waals surface area contributed by atoms with Crippen LogP contribution in [0.3, 0.4) is 0 Å². The molecule has 0 aromatic heterocycles. The third-order valence-corrected chi connectivity index (χ3v) is 7.03. The van der Waals surface area contributed by atoms with E-state index in [1.165, 1.54) is 24.1 Å². The number of hydrogen-bond donors (Lipinski definition) is 1. The molecule has 2 amide bonds. The first kappa shape index (κ1) is 30.4. The first-order valence-electron chi connectivity index (χ1n) is 11.8. The molecule has 11 heteroatoms. The van der Waals surface area contributed by atoms with Crippen molar-refractivity contribution in [3.8, 4) is 5.75 Å². The van der Waals surface area contributed by atoms with Crippen molar-refractivity contribution in [3.05, 3.63) is 58.9 Å². The van der Waals surface area contributed by atoms with Gasteiger partial charge in [0.2, 0.25) is 21.8 Å². The van der Waals surface area contributed by atoms with Crippen molar-refractivity contribution >= 4 is 39.1 Å². The number of ether oxygens (including phenoxy) is 1. The normalized spacial score (nSPS) is 12.5. The van der Waals surface area contributed by atoms with Crippen LogP contribution in [-0.4, -0.2) is 56.6 Å². The molecular formula is C26H35ClFN3O5S. The molecular weight excluding hydrogens is 521 g/mol. The lowest BCUT2D eigenvalue weighted by molar-refractivity contribution is -0.141. The van der Waals surface area contributed by atoms with Crippen LogP contribution in [0.4, 0.5) is 10.1 Å². The molecule has 0 aliphatic rings. The summed E-state index contributed by atoms with van der Waals surface area (Å²) in [5.74, 6) is -0.854. The molecule has 0 aliphatic heterocycles. The number of benzene rings is 2. The molecule has 8 nitrogen and oxygen atoms in total. The lowest BCUT2D eigenvalue weighted by Crippen LogP contribution is -2.52. The van der Waals surface area contributed by atoms with E-state index in [0.29, 0.717) is 11.4 Å². The number of anilines is 1. The van der Waals surface area contributed by atoms with E-state index in [4.69, 9.17) is 16.3 Å². The molecule has 0 unspecified atom stereocenters. The number of halogens is 2. The van der Waals surface area contributed by atoms with Gasteiger partial charge in [-0.2, -0.15) is 0 Å². The average Bonchev–Trinajstić information content (AvgIpc) is 2.78. The highest BCUT2D eigenvalue weighted by atomic mass is 35.5. The van der Waals surface area contributed by atoms with Crippen molar-refractivity contribution < 1.29 is 27.1 Å².